The minimum atomic E-state index is -4.53. The van der Waals surface area contributed by atoms with Crippen LogP contribution in [0.25, 0.3) is 0 Å². The van der Waals surface area contributed by atoms with Crippen LogP contribution < -0.4 is 5.32 Å². The molecule has 1 aliphatic heterocycles. The van der Waals surface area contributed by atoms with Gasteiger partial charge in [-0.15, -0.1) is 0 Å². The number of nitrogens with one attached hydrogen (secondary N) is 1. The summed E-state index contributed by atoms with van der Waals surface area (Å²) in [5.41, 5.74) is -0.595. The van der Waals surface area contributed by atoms with Gasteiger partial charge in [0.25, 0.3) is 0 Å². The lowest BCUT2D eigenvalue weighted by Crippen LogP contribution is -2.48. The lowest BCUT2D eigenvalue weighted by Gasteiger charge is -2.38. The van der Waals surface area contributed by atoms with Gasteiger partial charge in [0.15, 0.2) is 0 Å². The van der Waals surface area contributed by atoms with E-state index in [0.717, 1.165) is 45.3 Å². The fourth-order valence-corrected chi connectivity index (χ4v) is 3.10. The van der Waals surface area contributed by atoms with Crippen molar-refractivity contribution in [2.75, 3.05) is 45.8 Å². The Balaban J connectivity index is 2.31. The molecule has 24 heavy (non-hydrogen) atoms. The van der Waals surface area contributed by atoms with Gasteiger partial charge in [0.05, 0.1) is 11.6 Å². The van der Waals surface area contributed by atoms with E-state index in [1.807, 2.05) is 13.8 Å². The Bertz CT molecular complexity index is 523. The van der Waals surface area contributed by atoms with E-state index in [1.54, 1.807) is 0 Å². The number of rotatable bonds is 6. The second kappa shape index (κ2) is 8.27. The van der Waals surface area contributed by atoms with Gasteiger partial charge < -0.3 is 10.2 Å². The molecule has 1 aromatic rings. The molecular weight excluding hydrogens is 322 g/mol. The highest BCUT2D eigenvalue weighted by atomic mass is 19.4. The van der Waals surface area contributed by atoms with Crippen molar-refractivity contribution in [1.29, 1.82) is 0 Å². The Hall–Kier alpha value is -1.18. The fourth-order valence-electron chi connectivity index (χ4n) is 3.10. The van der Waals surface area contributed by atoms with Gasteiger partial charge in [-0.2, -0.15) is 13.2 Å². The third-order valence-electron chi connectivity index (χ3n) is 4.60. The first-order valence-electron chi connectivity index (χ1n) is 8.40. The molecule has 1 aromatic carbocycles. The van der Waals surface area contributed by atoms with Gasteiger partial charge in [0.2, 0.25) is 0 Å². The maximum Gasteiger partial charge on any atom is 0.416 e. The molecule has 3 nitrogen and oxygen atoms in total. The van der Waals surface area contributed by atoms with E-state index in [-0.39, 0.29) is 6.04 Å². The molecule has 1 unspecified atom stereocenters. The molecule has 1 saturated heterocycles. The molecule has 0 saturated carbocycles. The SMILES string of the molecule is CCN(CC)CC(c1ccc(C(F)(F)F)cc1F)N1CCNCC1. The van der Waals surface area contributed by atoms with Crippen molar-refractivity contribution >= 4 is 0 Å². The van der Waals surface area contributed by atoms with E-state index in [1.165, 1.54) is 6.07 Å². The van der Waals surface area contributed by atoms with Gasteiger partial charge in [-0.1, -0.05) is 19.9 Å². The summed E-state index contributed by atoms with van der Waals surface area (Å²) in [6, 6.07) is 2.66. The smallest absolute Gasteiger partial charge is 0.314 e. The monoisotopic (exact) mass is 347 g/mol. The second-order valence-electron chi connectivity index (χ2n) is 6.02. The number of hydrogen-bond acceptors (Lipinski definition) is 3. The van der Waals surface area contributed by atoms with E-state index in [2.05, 4.69) is 15.1 Å². The van der Waals surface area contributed by atoms with Crippen molar-refractivity contribution in [2.45, 2.75) is 26.1 Å². The van der Waals surface area contributed by atoms with Crippen LogP contribution in [0.1, 0.15) is 31.0 Å². The largest absolute Gasteiger partial charge is 0.416 e. The summed E-state index contributed by atoms with van der Waals surface area (Å²) in [7, 11) is 0. The van der Waals surface area contributed by atoms with Crippen LogP contribution >= 0.6 is 0 Å². The van der Waals surface area contributed by atoms with Crippen LogP contribution in [0, 0.1) is 5.82 Å². The zero-order valence-corrected chi connectivity index (χ0v) is 14.2. The summed E-state index contributed by atoms with van der Waals surface area (Å²) in [5.74, 6) is -0.777. The Morgan fingerprint density at radius 3 is 2.29 bits per heavy atom. The lowest BCUT2D eigenvalue weighted by atomic mass is 10.0. The van der Waals surface area contributed by atoms with Gasteiger partial charge >= 0.3 is 6.18 Å². The third-order valence-corrected chi connectivity index (χ3v) is 4.60. The molecule has 0 bridgehead atoms. The topological polar surface area (TPSA) is 18.5 Å². The molecule has 1 heterocycles. The molecular formula is C17H25F4N3. The van der Waals surface area contributed by atoms with Crippen LogP contribution in [-0.2, 0) is 6.18 Å². The van der Waals surface area contributed by atoms with Crippen LogP contribution in [0.3, 0.4) is 0 Å². The standard InChI is InChI=1S/C17H25F4N3/c1-3-23(4-2)12-16(24-9-7-22-8-10-24)14-6-5-13(11-15(14)18)17(19,20)21/h5-6,11,16,22H,3-4,7-10,12H2,1-2H3. The highest BCUT2D eigenvalue weighted by Crippen LogP contribution is 2.33. The van der Waals surface area contributed by atoms with E-state index in [4.69, 9.17) is 0 Å². The molecule has 1 aliphatic rings. The Morgan fingerprint density at radius 2 is 1.79 bits per heavy atom. The summed E-state index contributed by atoms with van der Waals surface area (Å²) >= 11 is 0. The summed E-state index contributed by atoms with van der Waals surface area (Å²) in [4.78, 5) is 4.32. The number of alkyl halides is 3. The van der Waals surface area contributed by atoms with Crippen molar-refractivity contribution < 1.29 is 17.6 Å². The van der Waals surface area contributed by atoms with Crippen molar-refractivity contribution in [3.05, 3.63) is 35.1 Å². The number of benzene rings is 1. The molecule has 1 N–H and O–H groups in total. The Morgan fingerprint density at radius 1 is 1.17 bits per heavy atom. The second-order valence-corrected chi connectivity index (χ2v) is 6.02. The summed E-state index contributed by atoms with van der Waals surface area (Å²) in [6.07, 6.45) is -4.53. The first kappa shape index (κ1) is 19.1. The molecule has 0 radical (unpaired) electrons. The van der Waals surface area contributed by atoms with Crippen molar-refractivity contribution in [2.24, 2.45) is 0 Å². The minimum Gasteiger partial charge on any atom is -0.314 e. The fraction of sp³-hybridized carbons (Fsp3) is 0.647. The van der Waals surface area contributed by atoms with Crippen LogP contribution in [0.15, 0.2) is 18.2 Å². The normalized spacial score (nSPS) is 18.1. The average molecular weight is 347 g/mol. The highest BCUT2D eigenvalue weighted by molar-refractivity contribution is 5.29. The predicted octanol–water partition coefficient (Wildman–Crippen LogP) is 3.13. The summed E-state index contributed by atoms with van der Waals surface area (Å²) in [6.45, 7) is 9.42. The summed E-state index contributed by atoms with van der Waals surface area (Å²) in [5, 5.41) is 3.25. The number of piperazine rings is 1. The van der Waals surface area contributed by atoms with Crippen LogP contribution in [0.5, 0.6) is 0 Å². The van der Waals surface area contributed by atoms with E-state index < -0.39 is 17.6 Å². The number of nitrogens with zero attached hydrogens (tertiary/aromatic N) is 2. The van der Waals surface area contributed by atoms with E-state index in [0.29, 0.717) is 18.2 Å². The first-order valence-corrected chi connectivity index (χ1v) is 8.40. The average Bonchev–Trinajstić information content (AvgIpc) is 2.56. The number of likely N-dealkylation sites (N-methyl/N-ethyl adjacent to an activating group) is 1. The molecule has 0 amide bonds. The van der Waals surface area contributed by atoms with Crippen LogP contribution in [-0.4, -0.2) is 55.6 Å². The molecule has 0 aromatic heterocycles. The molecule has 0 spiro atoms. The van der Waals surface area contributed by atoms with Gasteiger partial charge in [0.1, 0.15) is 5.82 Å². The maximum absolute atomic E-state index is 14.5. The molecule has 1 fully saturated rings. The minimum absolute atomic E-state index is 0.241. The molecule has 136 valence electrons. The maximum atomic E-state index is 14.5. The molecule has 0 aliphatic carbocycles. The van der Waals surface area contributed by atoms with E-state index >= 15 is 0 Å². The molecule has 7 heteroatoms. The number of halogens is 4. The zero-order chi connectivity index (χ0) is 17.7. The quantitative estimate of drug-likeness (QED) is 0.798. The van der Waals surface area contributed by atoms with Gasteiger partial charge in [-0.05, 0) is 25.2 Å². The first-order chi connectivity index (χ1) is 11.4. The highest BCUT2D eigenvalue weighted by Gasteiger charge is 2.33. The van der Waals surface area contributed by atoms with Gasteiger partial charge in [-0.3, -0.25) is 4.90 Å². The van der Waals surface area contributed by atoms with Crippen LogP contribution in [0.4, 0.5) is 17.6 Å². The van der Waals surface area contributed by atoms with Gasteiger partial charge in [-0.25, -0.2) is 4.39 Å². The lowest BCUT2D eigenvalue weighted by molar-refractivity contribution is -0.137. The van der Waals surface area contributed by atoms with E-state index in [9.17, 15) is 17.6 Å². The number of hydrogen-bond donors (Lipinski definition) is 1. The third kappa shape index (κ3) is 4.68. The van der Waals surface area contributed by atoms with Crippen molar-refractivity contribution in [3.63, 3.8) is 0 Å². The van der Waals surface area contributed by atoms with Gasteiger partial charge in [0, 0.05) is 38.3 Å². The summed E-state index contributed by atoms with van der Waals surface area (Å²) < 4.78 is 52.8. The van der Waals surface area contributed by atoms with Crippen molar-refractivity contribution in [3.8, 4) is 0 Å². The Labute approximate surface area is 140 Å². The van der Waals surface area contributed by atoms with Crippen LogP contribution in [0.2, 0.25) is 0 Å². The van der Waals surface area contributed by atoms with Crippen molar-refractivity contribution in [1.82, 2.24) is 15.1 Å². The predicted molar refractivity (Wildman–Crippen MR) is 86.4 cm³/mol. The molecule has 1 atom stereocenters. The Kier molecular flexibility index (Phi) is 6.60. The zero-order valence-electron chi connectivity index (χ0n) is 14.2. The molecule has 2 rings (SSSR count).